The maximum atomic E-state index is 10.7. The van der Waals surface area contributed by atoms with E-state index in [4.69, 9.17) is 5.11 Å². The lowest BCUT2D eigenvalue weighted by molar-refractivity contribution is 0.0694. The summed E-state index contributed by atoms with van der Waals surface area (Å²) >= 11 is 0. The van der Waals surface area contributed by atoms with Gasteiger partial charge in [0, 0.05) is 5.27 Å². The van der Waals surface area contributed by atoms with Crippen LogP contribution >= 0.6 is 0 Å². The van der Waals surface area contributed by atoms with Crippen molar-refractivity contribution in [2.75, 3.05) is 0 Å². The van der Waals surface area contributed by atoms with Crippen molar-refractivity contribution in [3.8, 4) is 5.75 Å². The molecule has 2 rings (SSSR count). The zero-order valence-corrected chi connectivity index (χ0v) is 6.26. The normalized spacial score (nSPS) is 10.5. The standard InChI is InChI=1S/C7H4N2O4/c10-4-2-1-3-6(13-9-8-3)5(4)7(11)12/h1-2,10H,(H,11,12). The molecule has 0 spiro atoms. The molecule has 0 amide bonds. The van der Waals surface area contributed by atoms with E-state index in [2.05, 4.69) is 14.9 Å². The SMILES string of the molecule is O=C(O)c1c(O)ccc2nnoc12. The average molecular weight is 180 g/mol. The zero-order chi connectivity index (χ0) is 9.42. The van der Waals surface area contributed by atoms with Gasteiger partial charge in [-0.2, -0.15) is 0 Å². The molecule has 0 aliphatic carbocycles. The molecule has 6 heteroatoms. The van der Waals surface area contributed by atoms with E-state index in [0.717, 1.165) is 0 Å². The Kier molecular flexibility index (Phi) is 1.42. The van der Waals surface area contributed by atoms with Gasteiger partial charge in [-0.15, -0.1) is 5.10 Å². The van der Waals surface area contributed by atoms with Crippen LogP contribution in [0.3, 0.4) is 0 Å². The number of rotatable bonds is 1. The first-order valence-electron chi connectivity index (χ1n) is 3.37. The summed E-state index contributed by atoms with van der Waals surface area (Å²) in [4.78, 5) is 10.7. The van der Waals surface area contributed by atoms with Crippen LogP contribution in [0.25, 0.3) is 11.1 Å². The molecular formula is C7H4N2O4. The number of phenols is 1. The number of hydrogen-bond acceptors (Lipinski definition) is 5. The van der Waals surface area contributed by atoms with Gasteiger partial charge in [-0.3, -0.25) is 0 Å². The third kappa shape index (κ3) is 0.994. The number of nitrogens with zero attached hydrogens (tertiary/aromatic N) is 2. The van der Waals surface area contributed by atoms with E-state index in [1.807, 2.05) is 0 Å². The summed E-state index contributed by atoms with van der Waals surface area (Å²) in [6, 6.07) is 2.66. The largest absolute Gasteiger partial charge is 0.507 e. The Morgan fingerprint density at radius 1 is 1.46 bits per heavy atom. The molecule has 0 saturated carbocycles. The molecule has 2 N–H and O–H groups in total. The highest BCUT2D eigenvalue weighted by atomic mass is 16.5. The second-order valence-electron chi connectivity index (χ2n) is 2.39. The number of carboxylic acids is 1. The summed E-state index contributed by atoms with van der Waals surface area (Å²) in [7, 11) is 0. The molecule has 0 bridgehead atoms. The smallest absolute Gasteiger partial charge is 0.343 e. The van der Waals surface area contributed by atoms with Gasteiger partial charge >= 0.3 is 5.97 Å². The minimum atomic E-state index is -1.28. The molecule has 6 nitrogen and oxygen atoms in total. The van der Waals surface area contributed by atoms with Gasteiger partial charge in [-0.05, 0) is 12.1 Å². The lowest BCUT2D eigenvalue weighted by Gasteiger charge is -1.96. The fourth-order valence-corrected chi connectivity index (χ4v) is 1.04. The summed E-state index contributed by atoms with van der Waals surface area (Å²) in [5.41, 5.74) is -0.0369. The second-order valence-corrected chi connectivity index (χ2v) is 2.39. The van der Waals surface area contributed by atoms with Gasteiger partial charge < -0.3 is 14.7 Å². The number of hydrogen-bond donors (Lipinski definition) is 2. The monoisotopic (exact) mass is 180 g/mol. The summed E-state index contributed by atoms with van der Waals surface area (Å²) in [6.07, 6.45) is 0. The topological polar surface area (TPSA) is 96.5 Å². The van der Waals surface area contributed by atoms with E-state index in [-0.39, 0.29) is 16.9 Å². The number of fused-ring (bicyclic) bond motifs is 1. The molecule has 0 atom stereocenters. The van der Waals surface area contributed by atoms with Crippen molar-refractivity contribution < 1.29 is 19.5 Å². The van der Waals surface area contributed by atoms with Crippen LogP contribution in [0.2, 0.25) is 0 Å². The van der Waals surface area contributed by atoms with Crippen molar-refractivity contribution in [3.05, 3.63) is 17.7 Å². The van der Waals surface area contributed by atoms with Gasteiger partial charge in [0.1, 0.15) is 16.8 Å². The molecule has 2 aromatic rings. The van der Waals surface area contributed by atoms with Crippen molar-refractivity contribution >= 4 is 17.1 Å². The first kappa shape index (κ1) is 7.53. The Bertz CT molecular complexity index is 476. The van der Waals surface area contributed by atoms with Crippen LogP contribution in [0.4, 0.5) is 0 Å². The Hall–Kier alpha value is -2.11. The third-order valence-corrected chi connectivity index (χ3v) is 1.61. The molecule has 0 aliphatic heterocycles. The van der Waals surface area contributed by atoms with Gasteiger partial charge in [0.15, 0.2) is 0 Å². The van der Waals surface area contributed by atoms with Crippen molar-refractivity contribution in [3.63, 3.8) is 0 Å². The van der Waals surface area contributed by atoms with Gasteiger partial charge in [0.25, 0.3) is 0 Å². The van der Waals surface area contributed by atoms with E-state index in [1.54, 1.807) is 0 Å². The molecular weight excluding hydrogens is 176 g/mol. The van der Waals surface area contributed by atoms with Crippen LogP contribution in [-0.4, -0.2) is 26.6 Å². The van der Waals surface area contributed by atoms with Crippen LogP contribution in [0, 0.1) is 0 Å². The van der Waals surface area contributed by atoms with Crippen LogP contribution in [0.5, 0.6) is 5.75 Å². The summed E-state index contributed by atoms with van der Waals surface area (Å²) in [5, 5.41) is 24.6. The highest BCUT2D eigenvalue weighted by Crippen LogP contribution is 2.25. The number of aromatic carboxylic acids is 1. The predicted molar refractivity (Wildman–Crippen MR) is 40.4 cm³/mol. The van der Waals surface area contributed by atoms with E-state index in [9.17, 15) is 9.90 Å². The summed E-state index contributed by atoms with van der Waals surface area (Å²) in [6.45, 7) is 0. The Labute approximate surface area is 71.4 Å². The van der Waals surface area contributed by atoms with Gasteiger partial charge in [0.05, 0.1) is 0 Å². The fourth-order valence-electron chi connectivity index (χ4n) is 1.04. The van der Waals surface area contributed by atoms with Gasteiger partial charge in [-0.25, -0.2) is 4.79 Å². The molecule has 0 saturated heterocycles. The summed E-state index contributed by atoms with van der Waals surface area (Å²) < 4.78 is 4.59. The van der Waals surface area contributed by atoms with Gasteiger partial charge in [0.2, 0.25) is 5.58 Å². The molecule has 1 aromatic heterocycles. The van der Waals surface area contributed by atoms with E-state index in [1.165, 1.54) is 12.1 Å². The van der Waals surface area contributed by atoms with E-state index >= 15 is 0 Å². The molecule has 1 heterocycles. The fraction of sp³-hybridized carbons (Fsp3) is 0. The molecule has 0 fully saturated rings. The van der Waals surface area contributed by atoms with Crippen molar-refractivity contribution in [2.24, 2.45) is 0 Å². The molecule has 13 heavy (non-hydrogen) atoms. The molecule has 66 valence electrons. The second kappa shape index (κ2) is 2.44. The minimum absolute atomic E-state index is 0.0208. The number of benzene rings is 1. The first-order valence-corrected chi connectivity index (χ1v) is 3.37. The Balaban J connectivity index is 2.88. The molecule has 1 aromatic carbocycles. The van der Waals surface area contributed by atoms with Crippen LogP contribution in [0.15, 0.2) is 16.7 Å². The summed E-state index contributed by atoms with van der Waals surface area (Å²) in [5.74, 6) is -1.64. The number of aromatic nitrogens is 2. The van der Waals surface area contributed by atoms with Crippen molar-refractivity contribution in [1.29, 1.82) is 0 Å². The van der Waals surface area contributed by atoms with Crippen molar-refractivity contribution in [2.45, 2.75) is 0 Å². The quantitative estimate of drug-likeness (QED) is 0.667. The maximum Gasteiger partial charge on any atom is 0.343 e. The Morgan fingerprint density at radius 2 is 2.23 bits per heavy atom. The van der Waals surface area contributed by atoms with E-state index < -0.39 is 5.97 Å². The van der Waals surface area contributed by atoms with Crippen LogP contribution in [-0.2, 0) is 0 Å². The van der Waals surface area contributed by atoms with Crippen LogP contribution < -0.4 is 0 Å². The third-order valence-electron chi connectivity index (χ3n) is 1.61. The van der Waals surface area contributed by atoms with Crippen LogP contribution in [0.1, 0.15) is 10.4 Å². The molecule has 0 radical (unpaired) electrons. The number of carboxylic acid groups (broad SMARTS) is 1. The molecule has 0 unspecified atom stereocenters. The minimum Gasteiger partial charge on any atom is -0.507 e. The maximum absolute atomic E-state index is 10.7. The Morgan fingerprint density at radius 3 is 2.92 bits per heavy atom. The first-order chi connectivity index (χ1) is 6.20. The van der Waals surface area contributed by atoms with Gasteiger partial charge in [-0.1, -0.05) is 0 Å². The predicted octanol–water partition coefficient (Wildman–Crippen LogP) is 0.627. The highest BCUT2D eigenvalue weighted by molar-refractivity contribution is 6.02. The number of aromatic hydroxyl groups is 1. The molecule has 0 aliphatic rings. The van der Waals surface area contributed by atoms with Crippen molar-refractivity contribution in [1.82, 2.24) is 10.4 Å². The lowest BCUT2D eigenvalue weighted by atomic mass is 10.2. The van der Waals surface area contributed by atoms with E-state index in [0.29, 0.717) is 5.52 Å². The zero-order valence-electron chi connectivity index (χ0n) is 6.26. The lowest BCUT2D eigenvalue weighted by Crippen LogP contribution is -1.97. The highest BCUT2D eigenvalue weighted by Gasteiger charge is 2.18. The average Bonchev–Trinajstić information content (AvgIpc) is 2.50. The number of carbonyl (C=O) groups is 1.